The van der Waals surface area contributed by atoms with Crippen molar-refractivity contribution in [2.24, 2.45) is 5.92 Å². The summed E-state index contributed by atoms with van der Waals surface area (Å²) in [6.45, 7) is 9.26. The maximum atomic E-state index is 13.4. The summed E-state index contributed by atoms with van der Waals surface area (Å²) in [7, 11) is 0. The van der Waals surface area contributed by atoms with Gasteiger partial charge in [0.25, 0.3) is 5.91 Å². The van der Waals surface area contributed by atoms with Crippen LogP contribution >= 0.6 is 0 Å². The second-order valence-corrected chi connectivity index (χ2v) is 8.32. The first kappa shape index (κ1) is 20.8. The van der Waals surface area contributed by atoms with Crippen LogP contribution in [0.1, 0.15) is 25.0 Å². The zero-order valence-corrected chi connectivity index (χ0v) is 17.7. The average molecular weight is 415 g/mol. The number of carbonyl (C=O) groups is 1. The molecule has 1 amide bonds. The molecule has 1 unspecified atom stereocenters. The van der Waals surface area contributed by atoms with Crippen molar-refractivity contribution >= 4 is 5.91 Å². The van der Waals surface area contributed by atoms with Crippen molar-refractivity contribution in [3.8, 4) is 11.5 Å². The molecule has 0 N–H and O–H groups in total. The number of ether oxygens (including phenoxy) is 3. The third-order valence-electron chi connectivity index (χ3n) is 5.29. The standard InChI is InChI=1S/C23H30N2O5/c1-17(2)12-25(14-18-3-4-20-21(11-18)30-10-9-29-20)23(26)22-15-24(6-8-28-22)13-19-5-7-27-16-19/h3-5,7,11,16-17,22H,6,8-10,12-15H2,1-2H3. The van der Waals surface area contributed by atoms with Crippen LogP contribution in [0.15, 0.2) is 41.2 Å². The monoisotopic (exact) mass is 414 g/mol. The van der Waals surface area contributed by atoms with Crippen molar-refractivity contribution in [3.05, 3.63) is 47.9 Å². The molecule has 1 aromatic carbocycles. The van der Waals surface area contributed by atoms with Gasteiger partial charge in [0.15, 0.2) is 11.5 Å². The fourth-order valence-electron chi connectivity index (χ4n) is 3.92. The molecule has 2 aliphatic heterocycles. The lowest BCUT2D eigenvalue weighted by atomic mass is 10.1. The molecule has 30 heavy (non-hydrogen) atoms. The fourth-order valence-corrected chi connectivity index (χ4v) is 3.92. The van der Waals surface area contributed by atoms with Gasteiger partial charge in [-0.3, -0.25) is 9.69 Å². The molecule has 1 fully saturated rings. The van der Waals surface area contributed by atoms with Crippen molar-refractivity contribution < 1.29 is 23.4 Å². The van der Waals surface area contributed by atoms with E-state index in [2.05, 4.69) is 18.7 Å². The van der Waals surface area contributed by atoms with E-state index in [9.17, 15) is 4.79 Å². The van der Waals surface area contributed by atoms with E-state index in [1.807, 2.05) is 29.2 Å². The van der Waals surface area contributed by atoms with Crippen LogP contribution in [-0.4, -0.2) is 61.3 Å². The molecule has 0 spiro atoms. The van der Waals surface area contributed by atoms with E-state index in [1.165, 1.54) is 0 Å². The number of hydrogen-bond acceptors (Lipinski definition) is 6. The van der Waals surface area contributed by atoms with E-state index in [4.69, 9.17) is 18.6 Å². The summed E-state index contributed by atoms with van der Waals surface area (Å²) in [6.07, 6.45) is 2.97. The van der Waals surface area contributed by atoms with Crippen molar-refractivity contribution in [3.63, 3.8) is 0 Å². The van der Waals surface area contributed by atoms with Crippen LogP contribution in [0, 0.1) is 5.92 Å². The third kappa shape index (κ3) is 5.15. The zero-order chi connectivity index (χ0) is 20.9. The SMILES string of the molecule is CC(C)CN(Cc1ccc2c(c1)OCCO2)C(=O)C1CN(Cc2ccoc2)CCO1. The van der Waals surface area contributed by atoms with Crippen molar-refractivity contribution in [2.45, 2.75) is 33.0 Å². The van der Waals surface area contributed by atoms with Crippen LogP contribution in [0.3, 0.4) is 0 Å². The van der Waals surface area contributed by atoms with Crippen LogP contribution in [0.2, 0.25) is 0 Å². The Morgan fingerprint density at radius 1 is 1.13 bits per heavy atom. The molecule has 0 saturated carbocycles. The quantitative estimate of drug-likeness (QED) is 0.694. The van der Waals surface area contributed by atoms with Crippen molar-refractivity contribution in [2.75, 3.05) is 39.5 Å². The molecule has 2 aliphatic rings. The number of benzene rings is 1. The summed E-state index contributed by atoms with van der Waals surface area (Å²) >= 11 is 0. The summed E-state index contributed by atoms with van der Waals surface area (Å²) in [5.41, 5.74) is 2.14. The molecule has 162 valence electrons. The Morgan fingerprint density at radius 3 is 2.73 bits per heavy atom. The van der Waals surface area contributed by atoms with Gasteiger partial charge in [-0.2, -0.15) is 0 Å². The van der Waals surface area contributed by atoms with E-state index in [1.54, 1.807) is 12.5 Å². The van der Waals surface area contributed by atoms with Crippen LogP contribution in [0.25, 0.3) is 0 Å². The lowest BCUT2D eigenvalue weighted by Crippen LogP contribution is -2.51. The van der Waals surface area contributed by atoms with Crippen LogP contribution in [-0.2, 0) is 22.6 Å². The Bertz CT molecular complexity index is 836. The van der Waals surface area contributed by atoms with Gasteiger partial charge < -0.3 is 23.5 Å². The predicted molar refractivity (Wildman–Crippen MR) is 111 cm³/mol. The summed E-state index contributed by atoms with van der Waals surface area (Å²) in [6, 6.07) is 7.86. The maximum Gasteiger partial charge on any atom is 0.253 e. The van der Waals surface area contributed by atoms with Crippen molar-refractivity contribution in [1.82, 2.24) is 9.80 Å². The van der Waals surface area contributed by atoms with Gasteiger partial charge in [0.05, 0.1) is 19.1 Å². The molecular formula is C23H30N2O5. The summed E-state index contributed by atoms with van der Waals surface area (Å²) in [5.74, 6) is 1.90. The molecule has 4 rings (SSSR count). The molecule has 3 heterocycles. The van der Waals surface area contributed by atoms with E-state index in [0.717, 1.165) is 35.7 Å². The minimum absolute atomic E-state index is 0.0375. The van der Waals surface area contributed by atoms with Crippen LogP contribution < -0.4 is 9.47 Å². The molecule has 1 aromatic heterocycles. The van der Waals surface area contributed by atoms with Gasteiger partial charge in [0.2, 0.25) is 0 Å². The first-order chi connectivity index (χ1) is 14.6. The topological polar surface area (TPSA) is 64.4 Å². The smallest absolute Gasteiger partial charge is 0.253 e. The first-order valence-electron chi connectivity index (χ1n) is 10.6. The fraction of sp³-hybridized carbons (Fsp3) is 0.522. The molecular weight excluding hydrogens is 384 g/mol. The summed E-state index contributed by atoms with van der Waals surface area (Å²) in [4.78, 5) is 17.5. The van der Waals surface area contributed by atoms with Crippen LogP contribution in [0.5, 0.6) is 11.5 Å². The minimum Gasteiger partial charge on any atom is -0.486 e. The number of fused-ring (bicyclic) bond motifs is 1. The molecule has 1 saturated heterocycles. The van der Waals surface area contributed by atoms with Gasteiger partial charge in [-0.1, -0.05) is 19.9 Å². The van der Waals surface area contributed by atoms with Gasteiger partial charge in [0.1, 0.15) is 19.3 Å². The molecule has 0 bridgehead atoms. The molecule has 0 aliphatic carbocycles. The highest BCUT2D eigenvalue weighted by Gasteiger charge is 2.31. The summed E-state index contributed by atoms with van der Waals surface area (Å²) < 4.78 is 22.4. The van der Waals surface area contributed by atoms with Gasteiger partial charge >= 0.3 is 0 Å². The van der Waals surface area contributed by atoms with E-state index >= 15 is 0 Å². The number of carbonyl (C=O) groups excluding carboxylic acids is 1. The lowest BCUT2D eigenvalue weighted by molar-refractivity contribution is -0.151. The number of rotatable bonds is 7. The maximum absolute atomic E-state index is 13.4. The highest BCUT2D eigenvalue weighted by molar-refractivity contribution is 5.81. The molecule has 1 atom stereocenters. The van der Waals surface area contributed by atoms with E-state index in [-0.39, 0.29) is 5.91 Å². The predicted octanol–water partition coefficient (Wildman–Crippen LogP) is 2.94. The Balaban J connectivity index is 1.43. The second-order valence-electron chi connectivity index (χ2n) is 8.32. The molecule has 0 radical (unpaired) electrons. The number of nitrogens with zero attached hydrogens (tertiary/aromatic N) is 2. The highest BCUT2D eigenvalue weighted by Crippen LogP contribution is 2.31. The van der Waals surface area contributed by atoms with Crippen molar-refractivity contribution in [1.29, 1.82) is 0 Å². The largest absolute Gasteiger partial charge is 0.486 e. The number of hydrogen-bond donors (Lipinski definition) is 0. The van der Waals surface area contributed by atoms with Gasteiger partial charge in [0, 0.05) is 38.3 Å². The molecule has 2 aromatic rings. The van der Waals surface area contributed by atoms with Gasteiger partial charge in [-0.25, -0.2) is 0 Å². The number of morpholine rings is 1. The average Bonchev–Trinajstić information content (AvgIpc) is 3.25. The van der Waals surface area contributed by atoms with E-state index < -0.39 is 6.10 Å². The Morgan fingerprint density at radius 2 is 1.97 bits per heavy atom. The minimum atomic E-state index is -0.457. The number of amides is 1. The third-order valence-corrected chi connectivity index (χ3v) is 5.29. The number of furan rings is 1. The molecule has 7 heteroatoms. The Hall–Kier alpha value is -2.51. The Kier molecular flexibility index (Phi) is 6.59. The van der Waals surface area contributed by atoms with E-state index in [0.29, 0.717) is 45.4 Å². The first-order valence-corrected chi connectivity index (χ1v) is 10.6. The Labute approximate surface area is 177 Å². The highest BCUT2D eigenvalue weighted by atomic mass is 16.6. The lowest BCUT2D eigenvalue weighted by Gasteiger charge is -2.35. The zero-order valence-electron chi connectivity index (χ0n) is 17.7. The normalized spacial score (nSPS) is 19.1. The summed E-state index contributed by atoms with van der Waals surface area (Å²) in [5, 5.41) is 0. The second kappa shape index (κ2) is 9.53. The van der Waals surface area contributed by atoms with Crippen LogP contribution in [0.4, 0.5) is 0 Å². The van der Waals surface area contributed by atoms with Gasteiger partial charge in [-0.05, 0) is 29.7 Å². The van der Waals surface area contributed by atoms with Gasteiger partial charge in [-0.15, -0.1) is 0 Å². The molecule has 7 nitrogen and oxygen atoms in total.